The van der Waals surface area contributed by atoms with E-state index in [2.05, 4.69) is 22.3 Å². The van der Waals surface area contributed by atoms with E-state index in [1.807, 2.05) is 18.2 Å². The minimum absolute atomic E-state index is 0.0641. The first-order chi connectivity index (χ1) is 13.6. The summed E-state index contributed by atoms with van der Waals surface area (Å²) >= 11 is 0. The third kappa shape index (κ3) is 4.36. The molecular formula is C21H25N3O4. The fraction of sp³-hybridized carbons (Fsp3) is 0.333. The summed E-state index contributed by atoms with van der Waals surface area (Å²) in [5.74, 6) is 0.307. The molecule has 1 aliphatic rings. The van der Waals surface area contributed by atoms with Crippen LogP contribution in [-0.2, 0) is 4.79 Å². The Bertz CT molecular complexity index is 795. The van der Waals surface area contributed by atoms with Gasteiger partial charge in [0.15, 0.2) is 0 Å². The Morgan fingerprint density at radius 1 is 0.893 bits per heavy atom. The maximum atomic E-state index is 12.6. The highest BCUT2D eigenvalue weighted by molar-refractivity contribution is 6.01. The number of nitrogens with zero attached hydrogens (tertiary/aromatic N) is 2. The lowest BCUT2D eigenvalue weighted by Crippen LogP contribution is -2.51. The molecule has 0 spiro atoms. The van der Waals surface area contributed by atoms with E-state index in [1.165, 1.54) is 14.2 Å². The zero-order valence-electron chi connectivity index (χ0n) is 16.2. The summed E-state index contributed by atoms with van der Waals surface area (Å²) in [6.07, 6.45) is 0. The van der Waals surface area contributed by atoms with Gasteiger partial charge in [-0.05, 0) is 24.3 Å². The number of para-hydroxylation sites is 1. The molecule has 7 nitrogen and oxygen atoms in total. The summed E-state index contributed by atoms with van der Waals surface area (Å²) in [7, 11) is 2.98. The number of benzene rings is 2. The van der Waals surface area contributed by atoms with Gasteiger partial charge in [-0.15, -0.1) is 0 Å². The van der Waals surface area contributed by atoms with Crippen molar-refractivity contribution in [1.82, 2.24) is 10.2 Å². The average molecular weight is 383 g/mol. The number of hydrogen-bond acceptors (Lipinski definition) is 5. The van der Waals surface area contributed by atoms with Crippen molar-refractivity contribution in [2.45, 2.75) is 0 Å². The molecule has 1 aliphatic heterocycles. The molecule has 7 heteroatoms. The van der Waals surface area contributed by atoms with Crippen molar-refractivity contribution in [3.63, 3.8) is 0 Å². The summed E-state index contributed by atoms with van der Waals surface area (Å²) in [5.41, 5.74) is 1.44. The highest BCUT2D eigenvalue weighted by Crippen LogP contribution is 2.27. The first-order valence-corrected chi connectivity index (χ1v) is 9.21. The van der Waals surface area contributed by atoms with E-state index in [4.69, 9.17) is 9.47 Å². The Balaban J connectivity index is 1.55. The molecule has 0 atom stereocenters. The van der Waals surface area contributed by atoms with Crippen molar-refractivity contribution in [3.05, 3.63) is 54.1 Å². The fourth-order valence-corrected chi connectivity index (χ4v) is 3.28. The Kier molecular flexibility index (Phi) is 6.37. The lowest BCUT2D eigenvalue weighted by atomic mass is 10.1. The van der Waals surface area contributed by atoms with E-state index >= 15 is 0 Å². The van der Waals surface area contributed by atoms with E-state index in [9.17, 15) is 9.59 Å². The molecule has 148 valence electrons. The van der Waals surface area contributed by atoms with Crippen LogP contribution in [0.15, 0.2) is 48.5 Å². The number of carbonyl (C=O) groups is 2. The predicted molar refractivity (Wildman–Crippen MR) is 107 cm³/mol. The number of methoxy groups -OCH3 is 2. The lowest BCUT2D eigenvalue weighted by Gasteiger charge is -2.36. The number of anilines is 1. The van der Waals surface area contributed by atoms with Gasteiger partial charge in [0.2, 0.25) is 5.91 Å². The average Bonchev–Trinajstić information content (AvgIpc) is 2.77. The van der Waals surface area contributed by atoms with Crippen LogP contribution in [0.1, 0.15) is 10.4 Å². The summed E-state index contributed by atoms with van der Waals surface area (Å²) in [4.78, 5) is 29.1. The number of piperazine rings is 1. The Labute approximate surface area is 164 Å². The number of nitrogens with one attached hydrogen (secondary N) is 1. The van der Waals surface area contributed by atoms with Crippen LogP contribution in [0.2, 0.25) is 0 Å². The van der Waals surface area contributed by atoms with Crippen molar-refractivity contribution in [3.8, 4) is 11.5 Å². The monoisotopic (exact) mass is 383 g/mol. The molecule has 2 amide bonds. The van der Waals surface area contributed by atoms with Gasteiger partial charge >= 0.3 is 0 Å². The van der Waals surface area contributed by atoms with Crippen LogP contribution >= 0.6 is 0 Å². The molecular weight excluding hydrogens is 358 g/mol. The van der Waals surface area contributed by atoms with Crippen molar-refractivity contribution in [2.75, 3.05) is 51.8 Å². The van der Waals surface area contributed by atoms with Crippen LogP contribution in [0, 0.1) is 0 Å². The molecule has 28 heavy (non-hydrogen) atoms. The number of hydrogen-bond donors (Lipinski definition) is 1. The van der Waals surface area contributed by atoms with Gasteiger partial charge in [-0.2, -0.15) is 0 Å². The van der Waals surface area contributed by atoms with Crippen molar-refractivity contribution in [2.24, 2.45) is 0 Å². The Morgan fingerprint density at radius 3 is 2.07 bits per heavy atom. The van der Waals surface area contributed by atoms with Gasteiger partial charge in [0.25, 0.3) is 5.91 Å². The van der Waals surface area contributed by atoms with E-state index < -0.39 is 5.91 Å². The predicted octanol–water partition coefficient (Wildman–Crippen LogP) is 1.78. The third-order valence-corrected chi connectivity index (χ3v) is 4.81. The molecule has 1 fully saturated rings. The van der Waals surface area contributed by atoms with Gasteiger partial charge in [0.05, 0.1) is 20.8 Å². The first-order valence-electron chi connectivity index (χ1n) is 9.21. The molecule has 1 saturated heterocycles. The third-order valence-electron chi connectivity index (χ3n) is 4.81. The zero-order chi connectivity index (χ0) is 19.9. The smallest absolute Gasteiger partial charge is 0.259 e. The van der Waals surface area contributed by atoms with E-state index in [0.29, 0.717) is 24.6 Å². The van der Waals surface area contributed by atoms with E-state index in [0.717, 1.165) is 18.8 Å². The minimum atomic E-state index is -0.398. The minimum Gasteiger partial charge on any atom is -0.496 e. The van der Waals surface area contributed by atoms with Crippen LogP contribution in [0.25, 0.3) is 0 Å². The van der Waals surface area contributed by atoms with Gasteiger partial charge in [-0.1, -0.05) is 24.3 Å². The summed E-state index contributed by atoms with van der Waals surface area (Å²) in [6.45, 7) is 2.72. The van der Waals surface area contributed by atoms with E-state index in [-0.39, 0.29) is 18.0 Å². The van der Waals surface area contributed by atoms with Gasteiger partial charge < -0.3 is 24.6 Å². The van der Waals surface area contributed by atoms with Crippen LogP contribution in [0.5, 0.6) is 11.5 Å². The van der Waals surface area contributed by atoms with Crippen molar-refractivity contribution < 1.29 is 19.1 Å². The molecule has 1 heterocycles. The molecule has 0 aliphatic carbocycles. The summed E-state index contributed by atoms with van der Waals surface area (Å²) in [5, 5.41) is 2.68. The second-order valence-corrected chi connectivity index (χ2v) is 6.42. The largest absolute Gasteiger partial charge is 0.496 e. The second kappa shape index (κ2) is 9.12. The fourth-order valence-electron chi connectivity index (χ4n) is 3.28. The molecule has 0 aromatic heterocycles. The molecule has 0 radical (unpaired) electrons. The van der Waals surface area contributed by atoms with Crippen LogP contribution in [0.3, 0.4) is 0 Å². The molecule has 2 aromatic rings. The molecule has 3 rings (SSSR count). The Hall–Kier alpha value is -3.22. The highest BCUT2D eigenvalue weighted by Gasteiger charge is 2.23. The van der Waals surface area contributed by atoms with Crippen LogP contribution < -0.4 is 19.7 Å². The Morgan fingerprint density at radius 2 is 1.50 bits per heavy atom. The molecule has 0 bridgehead atoms. The zero-order valence-corrected chi connectivity index (χ0v) is 16.2. The number of rotatable bonds is 6. The maximum Gasteiger partial charge on any atom is 0.259 e. The topological polar surface area (TPSA) is 71.1 Å². The van der Waals surface area contributed by atoms with Gasteiger partial charge in [-0.25, -0.2) is 0 Å². The highest BCUT2D eigenvalue weighted by atomic mass is 16.5. The van der Waals surface area contributed by atoms with E-state index in [1.54, 1.807) is 23.1 Å². The molecule has 0 unspecified atom stereocenters. The van der Waals surface area contributed by atoms with Gasteiger partial charge in [0, 0.05) is 31.9 Å². The summed E-state index contributed by atoms with van der Waals surface area (Å²) < 4.78 is 10.5. The summed E-state index contributed by atoms with van der Waals surface area (Å²) in [6, 6.07) is 15.2. The number of carbonyl (C=O) groups excluding carboxylic acids is 2. The van der Waals surface area contributed by atoms with Crippen LogP contribution in [-0.4, -0.2) is 63.7 Å². The molecule has 0 saturated carbocycles. The van der Waals surface area contributed by atoms with Crippen LogP contribution in [0.4, 0.5) is 5.69 Å². The van der Waals surface area contributed by atoms with Crippen molar-refractivity contribution in [1.29, 1.82) is 0 Å². The lowest BCUT2D eigenvalue weighted by molar-refractivity contribution is -0.130. The van der Waals surface area contributed by atoms with Gasteiger partial charge in [0.1, 0.15) is 17.1 Å². The SMILES string of the molecule is COc1cccc(OC)c1C(=O)NCC(=O)N1CCN(c2ccccc2)CC1. The standard InChI is InChI=1S/C21H25N3O4/c1-27-17-9-6-10-18(28-2)20(17)21(26)22-15-19(25)24-13-11-23(12-14-24)16-7-4-3-5-8-16/h3-10H,11-15H2,1-2H3,(H,22,26). The second-order valence-electron chi connectivity index (χ2n) is 6.42. The molecule has 2 aromatic carbocycles. The maximum absolute atomic E-state index is 12.6. The first kappa shape index (κ1) is 19.5. The van der Waals surface area contributed by atoms with Crippen molar-refractivity contribution >= 4 is 17.5 Å². The number of amides is 2. The molecule has 1 N–H and O–H groups in total. The normalized spacial score (nSPS) is 13.8. The number of ether oxygens (including phenoxy) is 2. The van der Waals surface area contributed by atoms with Gasteiger partial charge in [-0.3, -0.25) is 9.59 Å². The quantitative estimate of drug-likeness (QED) is 0.823.